The number of benzene rings is 1. The molecule has 3 rings (SSSR count). The summed E-state index contributed by atoms with van der Waals surface area (Å²) in [6.07, 6.45) is 0. The van der Waals surface area contributed by atoms with Gasteiger partial charge in [0.15, 0.2) is 0 Å². The Hall–Kier alpha value is -2.35. The molecule has 0 unspecified atom stereocenters. The Bertz CT molecular complexity index is 972. The monoisotopic (exact) mass is 421 g/mol. The number of hydrogen-bond acceptors (Lipinski definition) is 6. The van der Waals surface area contributed by atoms with E-state index in [4.69, 9.17) is 23.2 Å². The Morgan fingerprint density at radius 2 is 1.74 bits per heavy atom. The molecule has 2 heterocycles. The van der Waals surface area contributed by atoms with Crippen LogP contribution in [0.4, 0.5) is 23.0 Å². The number of carbonyl (C=O) groups is 1. The van der Waals surface area contributed by atoms with Gasteiger partial charge in [-0.1, -0.05) is 23.2 Å². The molecule has 27 heavy (non-hydrogen) atoms. The topological polar surface area (TPSA) is 70.2 Å². The molecule has 6 nitrogen and oxygen atoms in total. The predicted octanol–water partition coefficient (Wildman–Crippen LogP) is 5.22. The van der Waals surface area contributed by atoms with E-state index in [1.807, 2.05) is 44.1 Å². The maximum atomic E-state index is 12.3. The number of aromatic nitrogens is 2. The fourth-order valence-corrected chi connectivity index (χ4v) is 3.78. The summed E-state index contributed by atoms with van der Waals surface area (Å²) in [5.41, 5.74) is 1.85. The van der Waals surface area contributed by atoms with Crippen LogP contribution in [0.15, 0.2) is 36.4 Å². The zero-order valence-electron chi connectivity index (χ0n) is 14.9. The van der Waals surface area contributed by atoms with Gasteiger partial charge in [0.05, 0.1) is 9.90 Å². The second kappa shape index (κ2) is 8.12. The average Bonchev–Trinajstić information content (AvgIpc) is 2.94. The van der Waals surface area contributed by atoms with Crippen LogP contribution in [0.25, 0.3) is 0 Å². The van der Waals surface area contributed by atoms with Gasteiger partial charge in [-0.05, 0) is 37.3 Å². The van der Waals surface area contributed by atoms with E-state index in [0.717, 1.165) is 22.8 Å². The van der Waals surface area contributed by atoms with Crippen LogP contribution < -0.4 is 15.5 Å². The molecule has 0 saturated heterocycles. The molecule has 2 aromatic heterocycles. The highest BCUT2D eigenvalue weighted by Gasteiger charge is 2.14. The Morgan fingerprint density at radius 1 is 1.07 bits per heavy atom. The van der Waals surface area contributed by atoms with Gasteiger partial charge in [0.2, 0.25) is 0 Å². The van der Waals surface area contributed by atoms with Crippen LogP contribution in [0.3, 0.4) is 0 Å². The molecule has 2 N–H and O–H groups in total. The highest BCUT2D eigenvalue weighted by molar-refractivity contribution is 7.20. The molecule has 0 aliphatic carbocycles. The minimum absolute atomic E-state index is 0.300. The number of anilines is 4. The summed E-state index contributed by atoms with van der Waals surface area (Å²) >= 11 is 13.1. The number of amides is 1. The first kappa shape index (κ1) is 19.4. The van der Waals surface area contributed by atoms with Gasteiger partial charge in [0.25, 0.3) is 5.91 Å². The van der Waals surface area contributed by atoms with E-state index in [1.165, 1.54) is 0 Å². The van der Waals surface area contributed by atoms with Crippen LogP contribution in [-0.2, 0) is 0 Å². The molecule has 0 aliphatic rings. The van der Waals surface area contributed by atoms with Gasteiger partial charge in [-0.25, -0.2) is 9.97 Å². The normalized spacial score (nSPS) is 10.6. The number of halogens is 2. The summed E-state index contributed by atoms with van der Waals surface area (Å²) in [6.45, 7) is 1.85. The van der Waals surface area contributed by atoms with Gasteiger partial charge in [-0.3, -0.25) is 4.79 Å². The molecule has 0 aliphatic heterocycles. The summed E-state index contributed by atoms with van der Waals surface area (Å²) in [5, 5.41) is 6.04. The molecular formula is C18H17Cl2N5OS. The first-order valence-electron chi connectivity index (χ1n) is 7.98. The number of thiophene rings is 1. The molecule has 0 spiro atoms. The van der Waals surface area contributed by atoms with Gasteiger partial charge >= 0.3 is 0 Å². The molecule has 0 bridgehead atoms. The van der Waals surface area contributed by atoms with Gasteiger partial charge in [-0.15, -0.1) is 11.3 Å². The van der Waals surface area contributed by atoms with E-state index in [2.05, 4.69) is 20.6 Å². The van der Waals surface area contributed by atoms with Crippen molar-refractivity contribution in [2.45, 2.75) is 6.92 Å². The van der Waals surface area contributed by atoms with Crippen LogP contribution >= 0.6 is 34.5 Å². The zero-order chi connectivity index (χ0) is 19.6. The van der Waals surface area contributed by atoms with Crippen LogP contribution in [0, 0.1) is 6.92 Å². The van der Waals surface area contributed by atoms with Gasteiger partial charge < -0.3 is 15.5 Å². The summed E-state index contributed by atoms with van der Waals surface area (Å²) in [5.74, 6) is 1.90. The minimum atomic E-state index is -0.300. The Labute approximate surface area is 171 Å². The highest BCUT2D eigenvalue weighted by atomic mass is 35.5. The maximum absolute atomic E-state index is 12.3. The summed E-state index contributed by atoms with van der Waals surface area (Å²) in [6, 6.07) is 10.7. The number of hydrogen-bond donors (Lipinski definition) is 2. The molecule has 0 radical (unpaired) electrons. The lowest BCUT2D eigenvalue weighted by Gasteiger charge is -2.14. The first-order chi connectivity index (χ1) is 12.8. The standard InChI is InChI=1S/C18H17Cl2N5OS/c1-10-21-15(9-16(22-10)25(2)3)23-11-4-6-12(7-5-11)24-18(26)13-8-14(19)27-17(13)20/h4-9H,1-3H3,(H,24,26)(H,21,22,23). The number of aryl methyl sites for hydroxylation is 1. The highest BCUT2D eigenvalue weighted by Crippen LogP contribution is 2.31. The molecule has 9 heteroatoms. The van der Waals surface area contributed by atoms with Crippen LogP contribution in [0.1, 0.15) is 16.2 Å². The first-order valence-corrected chi connectivity index (χ1v) is 9.55. The van der Waals surface area contributed by atoms with Crippen molar-refractivity contribution in [3.8, 4) is 0 Å². The van der Waals surface area contributed by atoms with Crippen molar-refractivity contribution in [2.24, 2.45) is 0 Å². The molecular weight excluding hydrogens is 405 g/mol. The largest absolute Gasteiger partial charge is 0.363 e. The van der Waals surface area contributed by atoms with Gasteiger partial charge in [0.1, 0.15) is 21.8 Å². The van der Waals surface area contributed by atoms with E-state index in [1.54, 1.807) is 18.2 Å². The Balaban J connectivity index is 1.70. The summed E-state index contributed by atoms with van der Waals surface area (Å²) in [7, 11) is 3.85. The number of carbonyl (C=O) groups excluding carboxylic acids is 1. The SMILES string of the molecule is Cc1nc(Nc2ccc(NC(=O)c3cc(Cl)sc3Cl)cc2)cc(N(C)C)n1. The van der Waals surface area contributed by atoms with Crippen molar-refractivity contribution >= 4 is 63.5 Å². The minimum Gasteiger partial charge on any atom is -0.363 e. The average molecular weight is 422 g/mol. The van der Waals surface area contributed by atoms with Crippen molar-refractivity contribution in [1.29, 1.82) is 0 Å². The fourth-order valence-electron chi connectivity index (χ4n) is 2.32. The van der Waals surface area contributed by atoms with Crippen molar-refractivity contribution in [1.82, 2.24) is 9.97 Å². The van der Waals surface area contributed by atoms with Crippen molar-refractivity contribution in [3.63, 3.8) is 0 Å². The lowest BCUT2D eigenvalue weighted by atomic mass is 10.2. The maximum Gasteiger partial charge on any atom is 0.258 e. The molecule has 1 aromatic carbocycles. The van der Waals surface area contributed by atoms with E-state index >= 15 is 0 Å². The second-order valence-electron chi connectivity index (χ2n) is 5.95. The Morgan fingerprint density at radius 3 is 2.33 bits per heavy atom. The summed E-state index contributed by atoms with van der Waals surface area (Å²) < 4.78 is 0.841. The van der Waals surface area contributed by atoms with E-state index < -0.39 is 0 Å². The molecule has 1 amide bonds. The molecule has 0 atom stereocenters. The van der Waals surface area contributed by atoms with Crippen LogP contribution in [-0.4, -0.2) is 30.0 Å². The number of nitrogens with zero attached hydrogens (tertiary/aromatic N) is 3. The van der Waals surface area contributed by atoms with Gasteiger partial charge in [0, 0.05) is 31.5 Å². The molecule has 0 saturated carbocycles. The van der Waals surface area contributed by atoms with E-state index in [9.17, 15) is 4.79 Å². The summed E-state index contributed by atoms with van der Waals surface area (Å²) in [4.78, 5) is 23.0. The van der Waals surface area contributed by atoms with Crippen molar-refractivity contribution in [2.75, 3.05) is 29.6 Å². The second-order valence-corrected chi connectivity index (χ2v) is 8.23. The van der Waals surface area contributed by atoms with Crippen molar-refractivity contribution in [3.05, 3.63) is 56.5 Å². The fraction of sp³-hybridized carbons (Fsp3) is 0.167. The quantitative estimate of drug-likeness (QED) is 0.590. The predicted molar refractivity (Wildman–Crippen MR) is 113 cm³/mol. The number of nitrogens with one attached hydrogen (secondary N) is 2. The molecule has 0 fully saturated rings. The zero-order valence-corrected chi connectivity index (χ0v) is 17.2. The third-order valence-corrected chi connectivity index (χ3v) is 5.09. The number of rotatable bonds is 5. The van der Waals surface area contributed by atoms with Crippen LogP contribution in [0.2, 0.25) is 8.67 Å². The Kier molecular flexibility index (Phi) is 5.84. The lowest BCUT2D eigenvalue weighted by Crippen LogP contribution is -2.12. The van der Waals surface area contributed by atoms with Crippen molar-refractivity contribution < 1.29 is 4.79 Å². The smallest absolute Gasteiger partial charge is 0.258 e. The van der Waals surface area contributed by atoms with Gasteiger partial charge in [-0.2, -0.15) is 0 Å². The van der Waals surface area contributed by atoms with Crippen LogP contribution in [0.5, 0.6) is 0 Å². The van der Waals surface area contributed by atoms with E-state index in [-0.39, 0.29) is 5.91 Å². The van der Waals surface area contributed by atoms with E-state index in [0.29, 0.717) is 31.6 Å². The molecule has 140 valence electrons. The lowest BCUT2D eigenvalue weighted by molar-refractivity contribution is 0.102. The third-order valence-electron chi connectivity index (χ3n) is 3.60. The third kappa shape index (κ3) is 4.88. The molecule has 3 aromatic rings.